The van der Waals surface area contributed by atoms with Gasteiger partial charge in [-0.3, -0.25) is 4.79 Å². The van der Waals surface area contributed by atoms with E-state index >= 15 is 0 Å². The summed E-state index contributed by atoms with van der Waals surface area (Å²) >= 11 is 1.81. The van der Waals surface area contributed by atoms with Crippen LogP contribution in [-0.4, -0.2) is 31.7 Å². The minimum atomic E-state index is -0.130. The van der Waals surface area contributed by atoms with Gasteiger partial charge in [0.25, 0.3) is 5.91 Å². The molecule has 0 aliphatic heterocycles. The van der Waals surface area contributed by atoms with E-state index in [1.54, 1.807) is 6.07 Å². The maximum atomic E-state index is 12.3. The van der Waals surface area contributed by atoms with Crippen LogP contribution in [0.5, 0.6) is 0 Å². The summed E-state index contributed by atoms with van der Waals surface area (Å²) in [4.78, 5) is 20.5. The summed E-state index contributed by atoms with van der Waals surface area (Å²) in [6.07, 6.45) is 9.31. The molecule has 1 amide bonds. The summed E-state index contributed by atoms with van der Waals surface area (Å²) in [5.41, 5.74) is 0.754. The lowest BCUT2D eigenvalue weighted by Gasteiger charge is -2.28. The van der Waals surface area contributed by atoms with E-state index in [1.807, 2.05) is 41.8 Å². The summed E-state index contributed by atoms with van der Waals surface area (Å²) < 4.78 is 2.04. The van der Waals surface area contributed by atoms with Crippen molar-refractivity contribution in [2.75, 3.05) is 0 Å². The molecule has 0 spiro atoms. The van der Waals surface area contributed by atoms with Crippen molar-refractivity contribution in [2.45, 2.75) is 42.1 Å². The van der Waals surface area contributed by atoms with Crippen LogP contribution < -0.4 is 5.32 Å². The van der Waals surface area contributed by atoms with Gasteiger partial charge < -0.3 is 9.88 Å². The van der Waals surface area contributed by atoms with Gasteiger partial charge in [-0.2, -0.15) is 5.26 Å². The van der Waals surface area contributed by atoms with Gasteiger partial charge >= 0.3 is 0 Å². The first kappa shape index (κ1) is 16.5. The normalized spacial score (nSPS) is 20.3. The first-order valence-corrected chi connectivity index (χ1v) is 8.84. The van der Waals surface area contributed by atoms with Crippen molar-refractivity contribution < 1.29 is 4.79 Å². The first-order valence-electron chi connectivity index (χ1n) is 7.96. The summed E-state index contributed by atoms with van der Waals surface area (Å²) in [6, 6.07) is 5.31. The third-order valence-corrected chi connectivity index (χ3v) is 5.60. The van der Waals surface area contributed by atoms with Crippen LogP contribution in [0.15, 0.2) is 35.9 Å². The number of nitrogens with zero attached hydrogens (tertiary/aromatic N) is 4. The lowest BCUT2D eigenvalue weighted by molar-refractivity contribution is 0.0928. The van der Waals surface area contributed by atoms with Crippen LogP contribution in [0.1, 0.15) is 41.7 Å². The minimum Gasteiger partial charge on any atom is -0.349 e. The highest BCUT2D eigenvalue weighted by Crippen LogP contribution is 2.32. The number of hydrogen-bond donors (Lipinski definition) is 1. The number of carbonyl (C=O) groups excluding carboxylic acids is 1. The Morgan fingerprint density at radius 2 is 2.12 bits per heavy atom. The Bertz CT molecular complexity index is 758. The quantitative estimate of drug-likeness (QED) is 0.924. The number of pyridine rings is 1. The minimum absolute atomic E-state index is 0.130. The van der Waals surface area contributed by atoms with Crippen LogP contribution in [-0.2, 0) is 7.05 Å². The fourth-order valence-corrected chi connectivity index (χ4v) is 4.00. The summed E-state index contributed by atoms with van der Waals surface area (Å²) in [6.45, 7) is 0. The van der Waals surface area contributed by atoms with Gasteiger partial charge in [-0.15, -0.1) is 0 Å². The highest BCUT2D eigenvalue weighted by atomic mass is 32.2. The van der Waals surface area contributed by atoms with Gasteiger partial charge in [0.05, 0.1) is 0 Å². The fourth-order valence-electron chi connectivity index (χ4n) is 2.84. The lowest BCUT2D eigenvalue weighted by atomic mass is 9.94. The number of imidazole rings is 1. The average Bonchev–Trinajstić information content (AvgIpc) is 3.01. The SMILES string of the molecule is Cn1ccnc1SC1CCC(NC(=O)c2ccnc(C#N)c2)CC1. The summed E-state index contributed by atoms with van der Waals surface area (Å²) in [5.74, 6) is -0.130. The predicted octanol–water partition coefficient (Wildman–Crippen LogP) is 2.52. The lowest BCUT2D eigenvalue weighted by Crippen LogP contribution is -2.38. The topological polar surface area (TPSA) is 83.6 Å². The van der Waals surface area contributed by atoms with Gasteiger partial charge in [0.1, 0.15) is 11.8 Å². The Labute approximate surface area is 145 Å². The first-order chi connectivity index (χ1) is 11.7. The van der Waals surface area contributed by atoms with Crippen molar-refractivity contribution >= 4 is 17.7 Å². The number of hydrogen-bond acceptors (Lipinski definition) is 5. The zero-order valence-corrected chi connectivity index (χ0v) is 14.3. The molecule has 6 nitrogen and oxygen atoms in total. The van der Waals surface area contributed by atoms with Gasteiger partial charge in [-0.1, -0.05) is 11.8 Å². The molecule has 3 rings (SSSR count). The molecule has 0 bridgehead atoms. The van der Waals surface area contributed by atoms with Crippen molar-refractivity contribution in [2.24, 2.45) is 7.05 Å². The molecule has 2 aromatic rings. The molecular formula is C17H19N5OS. The third kappa shape index (κ3) is 3.95. The van der Waals surface area contributed by atoms with Crippen molar-refractivity contribution in [1.82, 2.24) is 19.9 Å². The van der Waals surface area contributed by atoms with Gasteiger partial charge in [0, 0.05) is 42.5 Å². The average molecular weight is 341 g/mol. The van der Waals surface area contributed by atoms with Crippen LogP contribution in [0.3, 0.4) is 0 Å². The molecule has 7 heteroatoms. The van der Waals surface area contributed by atoms with Gasteiger partial charge in [0.15, 0.2) is 5.16 Å². The van der Waals surface area contributed by atoms with Gasteiger partial charge in [0.2, 0.25) is 0 Å². The molecule has 1 N–H and O–H groups in total. The van der Waals surface area contributed by atoms with Crippen molar-refractivity contribution in [3.63, 3.8) is 0 Å². The number of amides is 1. The molecule has 0 unspecified atom stereocenters. The largest absolute Gasteiger partial charge is 0.349 e. The Morgan fingerprint density at radius 3 is 2.79 bits per heavy atom. The number of nitriles is 1. The molecule has 0 aromatic carbocycles. The standard InChI is InChI=1S/C17H19N5OS/c1-22-9-8-20-17(22)24-15-4-2-13(3-5-15)21-16(23)12-6-7-19-14(10-12)11-18/h6-10,13,15H,2-5H2,1H3,(H,21,23). The maximum absolute atomic E-state index is 12.3. The van der Waals surface area contributed by atoms with E-state index in [0.29, 0.717) is 10.8 Å². The summed E-state index contributed by atoms with van der Waals surface area (Å²) in [7, 11) is 2.01. The monoisotopic (exact) mass is 341 g/mol. The van der Waals surface area contributed by atoms with Crippen LogP contribution in [0, 0.1) is 11.3 Å². The Hall–Kier alpha value is -2.33. The van der Waals surface area contributed by atoms with Gasteiger partial charge in [-0.05, 0) is 37.8 Å². The highest BCUT2D eigenvalue weighted by molar-refractivity contribution is 7.99. The molecule has 0 saturated heterocycles. The highest BCUT2D eigenvalue weighted by Gasteiger charge is 2.24. The van der Waals surface area contributed by atoms with Crippen LogP contribution in [0.25, 0.3) is 0 Å². The summed E-state index contributed by atoms with van der Waals surface area (Å²) in [5, 5.41) is 13.5. The molecule has 0 atom stereocenters. The third-order valence-electron chi connectivity index (χ3n) is 4.20. The number of carbonyl (C=O) groups is 1. The second kappa shape index (κ2) is 7.49. The molecule has 1 saturated carbocycles. The van der Waals surface area contributed by atoms with Crippen molar-refractivity contribution in [3.8, 4) is 6.07 Å². The predicted molar refractivity (Wildman–Crippen MR) is 91.5 cm³/mol. The van der Waals surface area contributed by atoms with E-state index in [9.17, 15) is 4.79 Å². The molecular weight excluding hydrogens is 322 g/mol. The fraction of sp³-hybridized carbons (Fsp3) is 0.412. The second-order valence-electron chi connectivity index (χ2n) is 5.93. The molecule has 1 aliphatic rings. The maximum Gasteiger partial charge on any atom is 0.251 e. The van der Waals surface area contributed by atoms with E-state index in [-0.39, 0.29) is 17.6 Å². The van der Waals surface area contributed by atoms with Crippen LogP contribution >= 0.6 is 11.8 Å². The molecule has 0 radical (unpaired) electrons. The zero-order valence-electron chi connectivity index (χ0n) is 13.5. The Morgan fingerprint density at radius 1 is 1.33 bits per heavy atom. The second-order valence-corrected chi connectivity index (χ2v) is 7.19. The number of aromatic nitrogens is 3. The molecule has 24 heavy (non-hydrogen) atoms. The molecule has 1 fully saturated rings. The molecule has 1 aliphatic carbocycles. The van der Waals surface area contributed by atoms with Crippen molar-refractivity contribution in [3.05, 3.63) is 42.0 Å². The zero-order chi connectivity index (χ0) is 16.9. The van der Waals surface area contributed by atoms with E-state index in [2.05, 4.69) is 15.3 Å². The van der Waals surface area contributed by atoms with Gasteiger partial charge in [-0.25, -0.2) is 9.97 Å². The van der Waals surface area contributed by atoms with E-state index in [4.69, 9.17) is 5.26 Å². The smallest absolute Gasteiger partial charge is 0.251 e. The number of thioether (sulfide) groups is 1. The Kier molecular flexibility index (Phi) is 5.16. The van der Waals surface area contributed by atoms with E-state index in [1.165, 1.54) is 12.3 Å². The molecule has 124 valence electrons. The van der Waals surface area contributed by atoms with Crippen LogP contribution in [0.2, 0.25) is 0 Å². The molecule has 2 aromatic heterocycles. The number of aryl methyl sites for hydroxylation is 1. The van der Waals surface area contributed by atoms with E-state index < -0.39 is 0 Å². The van der Waals surface area contributed by atoms with Crippen molar-refractivity contribution in [1.29, 1.82) is 5.26 Å². The Balaban J connectivity index is 1.51. The van der Waals surface area contributed by atoms with Crippen LogP contribution in [0.4, 0.5) is 0 Å². The molecule has 2 heterocycles. The van der Waals surface area contributed by atoms with E-state index in [0.717, 1.165) is 30.8 Å². The number of nitrogens with one attached hydrogen (secondary N) is 1. The number of rotatable bonds is 4.